The van der Waals surface area contributed by atoms with E-state index in [9.17, 15) is 14.9 Å². The molecule has 0 aromatic heterocycles. The standard InChI is InChI=1S/C19H20ClN3O3/c1-22(2)18(16-8-3-4-9-17(16)20)13-21-19(24)11-10-14-6-5-7-15(12-14)23(25)26/h3-12,18H,13H2,1-2H3,(H,21,24)/b11-10+. The number of likely N-dealkylation sites (N-methyl/N-ethyl adjacent to an activating group) is 1. The van der Waals surface area contributed by atoms with E-state index in [0.717, 1.165) is 5.56 Å². The van der Waals surface area contributed by atoms with Crippen LogP contribution in [0.4, 0.5) is 5.69 Å². The molecule has 0 aliphatic carbocycles. The second-order valence-corrected chi connectivity index (χ2v) is 6.34. The van der Waals surface area contributed by atoms with Crippen molar-refractivity contribution in [2.75, 3.05) is 20.6 Å². The summed E-state index contributed by atoms with van der Waals surface area (Å²) in [5.41, 5.74) is 1.51. The summed E-state index contributed by atoms with van der Waals surface area (Å²) in [4.78, 5) is 24.4. The van der Waals surface area contributed by atoms with Crippen molar-refractivity contribution in [3.63, 3.8) is 0 Å². The maximum absolute atomic E-state index is 12.1. The van der Waals surface area contributed by atoms with Crippen LogP contribution in [0.2, 0.25) is 5.02 Å². The van der Waals surface area contributed by atoms with Gasteiger partial charge in [-0.25, -0.2) is 0 Å². The molecule has 1 N–H and O–H groups in total. The van der Waals surface area contributed by atoms with Gasteiger partial charge in [-0.3, -0.25) is 14.9 Å². The Bertz CT molecular complexity index is 821. The highest BCUT2D eigenvalue weighted by Crippen LogP contribution is 2.25. The number of halogens is 1. The van der Waals surface area contributed by atoms with Gasteiger partial charge in [0.05, 0.1) is 11.0 Å². The van der Waals surface area contributed by atoms with Crippen LogP contribution >= 0.6 is 11.6 Å². The average Bonchev–Trinajstić information content (AvgIpc) is 2.61. The molecule has 1 atom stereocenters. The van der Waals surface area contributed by atoms with Crippen molar-refractivity contribution in [1.82, 2.24) is 10.2 Å². The fourth-order valence-electron chi connectivity index (χ4n) is 2.49. The molecule has 1 amide bonds. The number of hydrogen-bond acceptors (Lipinski definition) is 4. The number of hydrogen-bond donors (Lipinski definition) is 1. The molecule has 0 heterocycles. The van der Waals surface area contributed by atoms with E-state index in [-0.39, 0.29) is 17.6 Å². The maximum atomic E-state index is 12.1. The zero-order valence-corrected chi connectivity index (χ0v) is 15.3. The molecule has 2 rings (SSSR count). The van der Waals surface area contributed by atoms with Gasteiger partial charge in [-0.2, -0.15) is 0 Å². The highest BCUT2D eigenvalue weighted by molar-refractivity contribution is 6.31. The molecular weight excluding hydrogens is 354 g/mol. The molecule has 0 spiro atoms. The number of non-ortho nitro benzene ring substituents is 1. The largest absolute Gasteiger partial charge is 0.351 e. The van der Waals surface area contributed by atoms with Crippen LogP contribution in [0.15, 0.2) is 54.6 Å². The molecule has 1 unspecified atom stereocenters. The number of carbonyl (C=O) groups is 1. The molecule has 0 radical (unpaired) electrons. The van der Waals surface area contributed by atoms with E-state index in [1.54, 1.807) is 18.2 Å². The fraction of sp³-hybridized carbons (Fsp3) is 0.211. The van der Waals surface area contributed by atoms with Gasteiger partial charge < -0.3 is 10.2 Å². The van der Waals surface area contributed by atoms with Gasteiger partial charge in [0.1, 0.15) is 0 Å². The van der Waals surface area contributed by atoms with Crippen molar-refractivity contribution in [3.8, 4) is 0 Å². The smallest absolute Gasteiger partial charge is 0.270 e. The summed E-state index contributed by atoms with van der Waals surface area (Å²) in [6.07, 6.45) is 2.90. The average molecular weight is 374 g/mol. The third-order valence-corrected chi connectivity index (χ3v) is 4.21. The summed E-state index contributed by atoms with van der Waals surface area (Å²) in [5, 5.41) is 14.3. The van der Waals surface area contributed by atoms with Crippen molar-refractivity contribution < 1.29 is 9.72 Å². The van der Waals surface area contributed by atoms with Crippen molar-refractivity contribution in [2.24, 2.45) is 0 Å². The van der Waals surface area contributed by atoms with Gasteiger partial charge >= 0.3 is 0 Å². The Balaban J connectivity index is 2.01. The quantitative estimate of drug-likeness (QED) is 0.456. The molecule has 2 aromatic carbocycles. The first-order chi connectivity index (χ1) is 12.4. The topological polar surface area (TPSA) is 75.5 Å². The molecule has 0 saturated heterocycles. The van der Waals surface area contributed by atoms with E-state index in [1.165, 1.54) is 18.2 Å². The number of nitro groups is 1. The lowest BCUT2D eigenvalue weighted by molar-refractivity contribution is -0.384. The Kier molecular flexibility index (Phi) is 6.89. The summed E-state index contributed by atoms with van der Waals surface area (Å²) in [6.45, 7) is 0.384. The Labute approximate surface area is 157 Å². The van der Waals surface area contributed by atoms with E-state index in [0.29, 0.717) is 17.1 Å². The predicted molar refractivity (Wildman–Crippen MR) is 103 cm³/mol. The monoisotopic (exact) mass is 373 g/mol. The maximum Gasteiger partial charge on any atom is 0.270 e. The molecule has 6 nitrogen and oxygen atoms in total. The van der Waals surface area contributed by atoms with E-state index < -0.39 is 4.92 Å². The van der Waals surface area contributed by atoms with Crippen LogP contribution in [0.5, 0.6) is 0 Å². The Morgan fingerprint density at radius 2 is 2.00 bits per heavy atom. The first-order valence-corrected chi connectivity index (χ1v) is 8.37. The minimum atomic E-state index is -0.470. The normalized spacial score (nSPS) is 12.3. The lowest BCUT2D eigenvalue weighted by atomic mass is 10.1. The number of nitrogens with one attached hydrogen (secondary N) is 1. The van der Waals surface area contributed by atoms with Crippen LogP contribution in [-0.4, -0.2) is 36.4 Å². The summed E-state index contributed by atoms with van der Waals surface area (Å²) in [7, 11) is 3.83. The van der Waals surface area contributed by atoms with Gasteiger partial charge in [0.25, 0.3) is 5.69 Å². The first kappa shape index (κ1) is 19.6. The molecule has 26 heavy (non-hydrogen) atoms. The van der Waals surface area contributed by atoms with E-state index >= 15 is 0 Å². The Morgan fingerprint density at radius 3 is 2.65 bits per heavy atom. The van der Waals surface area contributed by atoms with Crippen LogP contribution in [-0.2, 0) is 4.79 Å². The molecular formula is C19H20ClN3O3. The fourth-order valence-corrected chi connectivity index (χ4v) is 2.75. The van der Waals surface area contributed by atoms with Gasteiger partial charge in [-0.15, -0.1) is 0 Å². The molecule has 0 aliphatic heterocycles. The van der Waals surface area contributed by atoms with Crippen molar-refractivity contribution in [2.45, 2.75) is 6.04 Å². The molecule has 0 aliphatic rings. The van der Waals surface area contributed by atoms with Crippen LogP contribution in [0.1, 0.15) is 17.2 Å². The van der Waals surface area contributed by atoms with Gasteiger partial charge in [0.2, 0.25) is 5.91 Å². The molecule has 0 fully saturated rings. The lowest BCUT2D eigenvalue weighted by Gasteiger charge is -2.25. The van der Waals surface area contributed by atoms with Gasteiger partial charge in [0, 0.05) is 29.8 Å². The Hall–Kier alpha value is -2.70. The minimum absolute atomic E-state index is 0.0149. The molecule has 0 saturated carbocycles. The van der Waals surface area contributed by atoms with Gasteiger partial charge in [0.15, 0.2) is 0 Å². The number of benzene rings is 2. The number of nitro benzene ring substituents is 1. The van der Waals surface area contributed by atoms with Gasteiger partial charge in [-0.05, 0) is 37.4 Å². The van der Waals surface area contributed by atoms with Crippen LogP contribution in [0.3, 0.4) is 0 Å². The second kappa shape index (κ2) is 9.12. The van der Waals surface area contributed by atoms with Crippen LogP contribution < -0.4 is 5.32 Å². The second-order valence-electron chi connectivity index (χ2n) is 5.93. The SMILES string of the molecule is CN(C)C(CNC(=O)/C=C/c1cccc([N+](=O)[O-])c1)c1ccccc1Cl. The summed E-state index contributed by atoms with van der Waals surface area (Å²) in [6, 6.07) is 13.5. The zero-order chi connectivity index (χ0) is 19.1. The number of nitrogens with zero attached hydrogens (tertiary/aromatic N) is 2. The highest BCUT2D eigenvalue weighted by atomic mass is 35.5. The number of amides is 1. The molecule has 2 aromatic rings. The van der Waals surface area contributed by atoms with Crippen molar-refractivity contribution in [1.29, 1.82) is 0 Å². The summed E-state index contributed by atoms with van der Waals surface area (Å²) < 4.78 is 0. The molecule has 0 bridgehead atoms. The summed E-state index contributed by atoms with van der Waals surface area (Å²) in [5.74, 6) is -0.282. The zero-order valence-electron chi connectivity index (χ0n) is 14.6. The van der Waals surface area contributed by atoms with E-state index in [2.05, 4.69) is 5.32 Å². The molecule has 7 heteroatoms. The first-order valence-electron chi connectivity index (χ1n) is 7.99. The van der Waals surface area contributed by atoms with Gasteiger partial charge in [-0.1, -0.05) is 41.9 Å². The van der Waals surface area contributed by atoms with Crippen molar-refractivity contribution >= 4 is 29.3 Å². The summed E-state index contributed by atoms with van der Waals surface area (Å²) >= 11 is 6.25. The highest BCUT2D eigenvalue weighted by Gasteiger charge is 2.17. The van der Waals surface area contributed by atoms with E-state index in [1.807, 2.05) is 43.3 Å². The predicted octanol–water partition coefficient (Wildman–Crippen LogP) is 3.68. The van der Waals surface area contributed by atoms with E-state index in [4.69, 9.17) is 11.6 Å². The number of rotatable bonds is 7. The van der Waals surface area contributed by atoms with Crippen LogP contribution in [0.25, 0.3) is 6.08 Å². The number of carbonyl (C=O) groups excluding carboxylic acids is 1. The van der Waals surface area contributed by atoms with Crippen molar-refractivity contribution in [3.05, 3.63) is 80.9 Å². The minimum Gasteiger partial charge on any atom is -0.351 e. The van der Waals surface area contributed by atoms with Crippen LogP contribution in [0, 0.1) is 10.1 Å². The lowest BCUT2D eigenvalue weighted by Crippen LogP contribution is -2.33. The third kappa shape index (κ3) is 5.40. The Morgan fingerprint density at radius 1 is 1.27 bits per heavy atom. The third-order valence-electron chi connectivity index (χ3n) is 3.87. The molecule has 136 valence electrons.